The fourth-order valence-electron chi connectivity index (χ4n) is 2.96. The molecule has 0 aromatic heterocycles. The lowest BCUT2D eigenvalue weighted by Gasteiger charge is -2.23. The van der Waals surface area contributed by atoms with E-state index in [1.165, 1.54) is 0 Å². The predicted molar refractivity (Wildman–Crippen MR) is 110 cm³/mol. The van der Waals surface area contributed by atoms with E-state index in [1.807, 2.05) is 0 Å². The zero-order chi connectivity index (χ0) is 24.7. The highest BCUT2D eigenvalue weighted by molar-refractivity contribution is 7.92. The Hall–Kier alpha value is -0.370. The first-order chi connectivity index (χ1) is 13.4. The molecule has 0 amide bonds. The van der Waals surface area contributed by atoms with Crippen molar-refractivity contribution < 1.29 is 54.6 Å². The van der Waals surface area contributed by atoms with Gasteiger partial charge in [-0.15, -0.1) is 0 Å². The molecule has 2 fully saturated rings. The van der Waals surface area contributed by atoms with Crippen LogP contribution in [0.15, 0.2) is 0 Å². The molecule has 0 bridgehead atoms. The van der Waals surface area contributed by atoms with Crippen molar-refractivity contribution in [3.8, 4) is 0 Å². The van der Waals surface area contributed by atoms with Gasteiger partial charge in [-0.3, -0.25) is 12.5 Å². The van der Waals surface area contributed by atoms with Crippen molar-refractivity contribution in [3.63, 3.8) is 0 Å². The SMILES string of the molecule is CC1(C)CS(=O)(=O)CC1OS(C)(=O)=O.CS(=O)(=O)OC1CS(=O)(=O)CC1OS(C)(=O)=O. The Morgan fingerprint density at radius 2 is 1.00 bits per heavy atom. The molecular weight excluding hydrogens is 524 g/mol. The Morgan fingerprint density at radius 3 is 1.26 bits per heavy atom. The van der Waals surface area contributed by atoms with Gasteiger partial charge in [0.05, 0.1) is 47.9 Å². The van der Waals surface area contributed by atoms with Crippen molar-refractivity contribution in [2.24, 2.45) is 5.41 Å². The molecule has 0 aromatic carbocycles. The lowest BCUT2D eigenvalue weighted by Crippen LogP contribution is -2.33. The second kappa shape index (κ2) is 9.11. The van der Waals surface area contributed by atoms with E-state index in [0.717, 1.165) is 18.8 Å². The summed E-state index contributed by atoms with van der Waals surface area (Å²) >= 11 is 0. The van der Waals surface area contributed by atoms with Crippen LogP contribution in [0.25, 0.3) is 0 Å². The van der Waals surface area contributed by atoms with Crippen molar-refractivity contribution in [3.05, 3.63) is 0 Å². The van der Waals surface area contributed by atoms with Crippen molar-refractivity contribution in [2.45, 2.75) is 32.2 Å². The number of sulfone groups is 2. The van der Waals surface area contributed by atoms with Gasteiger partial charge in [0.2, 0.25) is 0 Å². The highest BCUT2D eigenvalue weighted by Crippen LogP contribution is 2.34. The van der Waals surface area contributed by atoms with E-state index in [1.54, 1.807) is 13.8 Å². The largest absolute Gasteiger partial charge is 0.265 e. The van der Waals surface area contributed by atoms with E-state index in [4.69, 9.17) is 4.18 Å². The second-order valence-electron chi connectivity index (χ2n) is 8.09. The van der Waals surface area contributed by atoms with Gasteiger partial charge in [0.1, 0.15) is 12.2 Å². The highest BCUT2D eigenvalue weighted by Gasteiger charge is 2.46. The molecule has 2 aliphatic heterocycles. The highest BCUT2D eigenvalue weighted by atomic mass is 32.2. The van der Waals surface area contributed by atoms with Crippen LogP contribution in [-0.4, -0.2) is 102 Å². The summed E-state index contributed by atoms with van der Waals surface area (Å²) in [5.74, 6) is -1.41. The van der Waals surface area contributed by atoms with Crippen molar-refractivity contribution in [1.82, 2.24) is 0 Å². The monoisotopic (exact) mass is 550 g/mol. The average molecular weight is 551 g/mol. The van der Waals surface area contributed by atoms with Crippen LogP contribution < -0.4 is 0 Å². The molecule has 2 heterocycles. The van der Waals surface area contributed by atoms with Crippen LogP contribution >= 0.6 is 0 Å². The predicted octanol–water partition coefficient (Wildman–Crippen LogP) is -2.11. The van der Waals surface area contributed by atoms with Gasteiger partial charge in [-0.1, -0.05) is 13.8 Å². The minimum atomic E-state index is -3.89. The van der Waals surface area contributed by atoms with Crippen LogP contribution in [0.4, 0.5) is 0 Å². The van der Waals surface area contributed by atoms with Crippen LogP contribution in [0.3, 0.4) is 0 Å². The van der Waals surface area contributed by atoms with Crippen molar-refractivity contribution >= 4 is 50.0 Å². The number of hydrogen-bond donors (Lipinski definition) is 0. The molecule has 0 aromatic rings. The molecule has 13 nitrogen and oxygen atoms in total. The minimum Gasteiger partial charge on any atom is -0.265 e. The molecule has 0 aliphatic carbocycles. The van der Waals surface area contributed by atoms with Crippen LogP contribution in [-0.2, 0) is 62.6 Å². The van der Waals surface area contributed by atoms with Crippen molar-refractivity contribution in [1.29, 1.82) is 0 Å². The zero-order valence-corrected chi connectivity index (χ0v) is 21.5. The quantitative estimate of drug-likeness (QED) is 0.326. The summed E-state index contributed by atoms with van der Waals surface area (Å²) in [5, 5.41) is 0. The third-order valence-electron chi connectivity index (χ3n) is 4.01. The molecule has 18 heteroatoms. The Morgan fingerprint density at radius 1 is 0.645 bits per heavy atom. The zero-order valence-electron chi connectivity index (χ0n) is 17.4. The van der Waals surface area contributed by atoms with Gasteiger partial charge in [-0.05, 0) is 0 Å². The summed E-state index contributed by atoms with van der Waals surface area (Å²) in [4.78, 5) is 0. The van der Waals surface area contributed by atoms with E-state index in [-0.39, 0.29) is 11.5 Å². The van der Waals surface area contributed by atoms with Gasteiger partial charge < -0.3 is 0 Å². The fraction of sp³-hybridized carbons (Fsp3) is 1.00. The molecular formula is C13H26O13S5. The third-order valence-corrected chi connectivity index (χ3v) is 9.45. The Balaban J connectivity index is 0.000000316. The first-order valence-corrected chi connectivity index (χ1v) is 17.5. The van der Waals surface area contributed by atoms with Gasteiger partial charge in [0.15, 0.2) is 19.7 Å². The summed E-state index contributed by atoms with van der Waals surface area (Å²) in [6.07, 6.45) is -1.00. The number of rotatable bonds is 6. The Labute approximate surface area is 183 Å². The summed E-state index contributed by atoms with van der Waals surface area (Å²) in [6, 6.07) is 0. The van der Waals surface area contributed by atoms with E-state index in [2.05, 4.69) is 8.37 Å². The van der Waals surface area contributed by atoms with Crippen LogP contribution in [0.2, 0.25) is 0 Å². The summed E-state index contributed by atoms with van der Waals surface area (Å²) < 4.78 is 124. The first kappa shape index (κ1) is 28.7. The van der Waals surface area contributed by atoms with Gasteiger partial charge in [-0.2, -0.15) is 25.3 Å². The summed E-state index contributed by atoms with van der Waals surface area (Å²) in [6.45, 7) is 3.38. The molecule has 0 N–H and O–H groups in total. The topological polar surface area (TPSA) is 198 Å². The maximum atomic E-state index is 11.3. The maximum absolute atomic E-state index is 11.3. The minimum absolute atomic E-state index is 0.0276. The van der Waals surface area contributed by atoms with Gasteiger partial charge in [0.25, 0.3) is 30.4 Å². The van der Waals surface area contributed by atoms with Crippen LogP contribution in [0, 0.1) is 5.41 Å². The van der Waals surface area contributed by atoms with Crippen LogP contribution in [0.5, 0.6) is 0 Å². The molecule has 3 unspecified atom stereocenters. The standard InChI is InChI=1S/C7H14O5S2.C6H12O8S3/c1-7(2)5-14(10,11)4-6(7)12-13(3,8)9;1-15(7,8)13-5-3-17(11,12)4-6(5)14-16(2,9)10/h6H,4-5H2,1-3H3;5-6H,3-4H2,1-2H3. The summed E-state index contributed by atoms with van der Waals surface area (Å²) in [5.41, 5.74) is -0.637. The molecule has 0 radical (unpaired) electrons. The molecule has 0 spiro atoms. The third kappa shape index (κ3) is 10.9. The maximum Gasteiger partial charge on any atom is 0.264 e. The Bertz CT molecular complexity index is 1140. The first-order valence-electron chi connectivity index (χ1n) is 8.45. The molecule has 31 heavy (non-hydrogen) atoms. The second-order valence-corrected chi connectivity index (χ2v) is 17.2. The van der Waals surface area contributed by atoms with E-state index in [0.29, 0.717) is 0 Å². The molecule has 3 atom stereocenters. The van der Waals surface area contributed by atoms with Gasteiger partial charge in [-0.25, -0.2) is 16.8 Å². The molecule has 186 valence electrons. The van der Waals surface area contributed by atoms with E-state index in [9.17, 15) is 42.1 Å². The number of hydrogen-bond acceptors (Lipinski definition) is 13. The molecule has 2 rings (SSSR count). The van der Waals surface area contributed by atoms with Gasteiger partial charge in [0, 0.05) is 5.41 Å². The van der Waals surface area contributed by atoms with Crippen LogP contribution in [0.1, 0.15) is 13.8 Å². The molecule has 2 saturated heterocycles. The summed E-state index contributed by atoms with van der Waals surface area (Å²) in [7, 11) is -18.1. The van der Waals surface area contributed by atoms with E-state index < -0.39 is 85.3 Å². The molecule has 2 aliphatic rings. The smallest absolute Gasteiger partial charge is 0.264 e. The lowest BCUT2D eigenvalue weighted by molar-refractivity contribution is 0.102. The van der Waals surface area contributed by atoms with Gasteiger partial charge >= 0.3 is 0 Å². The fourth-order valence-corrected chi connectivity index (χ4v) is 9.37. The average Bonchev–Trinajstić information content (AvgIpc) is 2.75. The lowest BCUT2D eigenvalue weighted by atomic mass is 9.91. The van der Waals surface area contributed by atoms with Crippen molar-refractivity contribution in [2.75, 3.05) is 41.8 Å². The van der Waals surface area contributed by atoms with E-state index >= 15 is 0 Å². The Kier molecular flexibility index (Phi) is 8.42. The normalized spacial score (nSPS) is 29.8. The molecule has 0 saturated carbocycles.